The zero-order valence-corrected chi connectivity index (χ0v) is 17.0. The first-order chi connectivity index (χ1) is 14.4. The van der Waals surface area contributed by atoms with Crippen molar-refractivity contribution < 1.29 is 9.59 Å². The number of carbonyl (C=O) groups is 2. The Bertz CT molecular complexity index is 1190. The van der Waals surface area contributed by atoms with Crippen molar-refractivity contribution in [2.45, 2.75) is 25.9 Å². The number of para-hydroxylation sites is 1. The molecule has 1 unspecified atom stereocenters. The molecule has 1 N–H and O–H groups in total. The van der Waals surface area contributed by atoms with Crippen LogP contribution in [-0.4, -0.2) is 27.6 Å². The number of aromatic nitrogens is 2. The van der Waals surface area contributed by atoms with Gasteiger partial charge in [-0.25, -0.2) is 4.68 Å². The highest BCUT2D eigenvalue weighted by atomic mass is 35.5. The number of rotatable bonds is 4. The van der Waals surface area contributed by atoms with E-state index in [0.717, 1.165) is 22.4 Å². The largest absolute Gasteiger partial charge is 0.324 e. The van der Waals surface area contributed by atoms with Crippen molar-refractivity contribution in [3.8, 4) is 0 Å². The van der Waals surface area contributed by atoms with Crippen molar-refractivity contribution in [2.24, 2.45) is 0 Å². The van der Waals surface area contributed by atoms with Crippen LogP contribution in [0.15, 0.2) is 65.5 Å². The summed E-state index contributed by atoms with van der Waals surface area (Å²) in [6.45, 7) is 1.64. The predicted octanol–water partition coefficient (Wildman–Crippen LogP) is 3.13. The lowest BCUT2D eigenvalue weighted by molar-refractivity contribution is -0.117. The van der Waals surface area contributed by atoms with E-state index in [1.807, 2.05) is 31.2 Å². The summed E-state index contributed by atoms with van der Waals surface area (Å²) in [5, 5.41) is 7.30. The molecule has 2 amide bonds. The minimum absolute atomic E-state index is 0.0248. The van der Waals surface area contributed by atoms with E-state index in [1.54, 1.807) is 29.2 Å². The van der Waals surface area contributed by atoms with Gasteiger partial charge in [0.05, 0.1) is 0 Å². The predicted molar refractivity (Wildman–Crippen MR) is 115 cm³/mol. The minimum Gasteiger partial charge on any atom is -0.324 e. The molecular formula is C22H19ClN4O3. The number of nitrogens with zero attached hydrogens (tertiary/aromatic N) is 3. The molecule has 1 aliphatic heterocycles. The number of nitrogens with one attached hydrogen (secondary N) is 1. The van der Waals surface area contributed by atoms with Gasteiger partial charge in [0.2, 0.25) is 5.91 Å². The lowest BCUT2D eigenvalue weighted by Crippen LogP contribution is -2.38. The quantitative estimate of drug-likeness (QED) is 0.700. The number of carbonyl (C=O) groups excluding carboxylic acids is 2. The Morgan fingerprint density at radius 2 is 1.93 bits per heavy atom. The highest BCUT2D eigenvalue weighted by Gasteiger charge is 2.32. The summed E-state index contributed by atoms with van der Waals surface area (Å²) in [6.07, 6.45) is 0.754. The number of benzene rings is 2. The third-order valence-electron chi connectivity index (χ3n) is 4.91. The molecule has 2 heterocycles. The highest BCUT2D eigenvalue weighted by Crippen LogP contribution is 2.32. The summed E-state index contributed by atoms with van der Waals surface area (Å²) in [7, 11) is 0. The van der Waals surface area contributed by atoms with Gasteiger partial charge in [-0.2, -0.15) is 5.10 Å². The summed E-state index contributed by atoms with van der Waals surface area (Å²) < 4.78 is 0.986. The van der Waals surface area contributed by atoms with Gasteiger partial charge in [-0.05, 0) is 49.2 Å². The van der Waals surface area contributed by atoms with E-state index < -0.39 is 11.5 Å². The zero-order valence-electron chi connectivity index (χ0n) is 16.2. The Labute approximate surface area is 177 Å². The fourth-order valence-electron chi connectivity index (χ4n) is 3.58. The molecule has 0 saturated heterocycles. The van der Waals surface area contributed by atoms with E-state index in [4.69, 9.17) is 11.6 Å². The number of anilines is 2. The molecule has 4 rings (SSSR count). The molecule has 0 aliphatic carbocycles. The van der Waals surface area contributed by atoms with Crippen LogP contribution in [0.5, 0.6) is 0 Å². The lowest BCUT2D eigenvalue weighted by Gasteiger charge is -2.22. The molecule has 1 atom stereocenters. The minimum atomic E-state index is -0.470. The molecule has 7 nitrogen and oxygen atoms in total. The smallest absolute Gasteiger partial charge is 0.278 e. The maximum Gasteiger partial charge on any atom is 0.278 e. The van der Waals surface area contributed by atoms with E-state index in [9.17, 15) is 14.4 Å². The zero-order chi connectivity index (χ0) is 21.3. The second kappa shape index (κ2) is 8.12. The van der Waals surface area contributed by atoms with Gasteiger partial charge >= 0.3 is 0 Å². The first-order valence-corrected chi connectivity index (χ1v) is 9.85. The summed E-state index contributed by atoms with van der Waals surface area (Å²) in [5.41, 5.74) is 2.08. The van der Waals surface area contributed by atoms with Gasteiger partial charge in [-0.1, -0.05) is 35.9 Å². The fraction of sp³-hybridized carbons (Fsp3) is 0.182. The Morgan fingerprint density at radius 3 is 2.73 bits per heavy atom. The molecule has 3 aromatic rings. The van der Waals surface area contributed by atoms with Crippen molar-refractivity contribution in [1.82, 2.24) is 9.78 Å². The van der Waals surface area contributed by atoms with Crippen LogP contribution in [0.2, 0.25) is 5.02 Å². The number of hydrogen-bond donors (Lipinski definition) is 1. The van der Waals surface area contributed by atoms with Crippen LogP contribution in [0, 0.1) is 0 Å². The molecule has 2 aromatic carbocycles. The molecule has 1 aromatic heterocycles. The molecule has 0 bridgehead atoms. The molecular weight excluding hydrogens is 404 g/mol. The Morgan fingerprint density at radius 1 is 1.13 bits per heavy atom. The molecule has 152 valence electrons. The normalized spacial score (nSPS) is 15.0. The second-order valence-corrected chi connectivity index (χ2v) is 7.57. The second-order valence-electron chi connectivity index (χ2n) is 7.13. The van der Waals surface area contributed by atoms with Crippen LogP contribution in [0.25, 0.3) is 0 Å². The maximum atomic E-state index is 13.1. The molecule has 0 fully saturated rings. The van der Waals surface area contributed by atoms with Gasteiger partial charge in [-0.15, -0.1) is 0 Å². The van der Waals surface area contributed by atoms with Crippen LogP contribution in [0.1, 0.15) is 23.0 Å². The van der Waals surface area contributed by atoms with Crippen molar-refractivity contribution in [2.75, 3.05) is 10.2 Å². The van der Waals surface area contributed by atoms with Gasteiger partial charge in [-0.3, -0.25) is 14.4 Å². The Balaban J connectivity index is 1.55. The third-order valence-corrected chi connectivity index (χ3v) is 5.15. The van der Waals surface area contributed by atoms with Crippen molar-refractivity contribution in [1.29, 1.82) is 0 Å². The highest BCUT2D eigenvalue weighted by molar-refractivity contribution is 6.30. The van der Waals surface area contributed by atoms with Crippen LogP contribution in [-0.2, 0) is 17.8 Å². The van der Waals surface area contributed by atoms with Gasteiger partial charge in [0.25, 0.3) is 11.5 Å². The topological polar surface area (TPSA) is 84.3 Å². The van der Waals surface area contributed by atoms with Crippen LogP contribution >= 0.6 is 11.6 Å². The molecule has 0 saturated carbocycles. The van der Waals surface area contributed by atoms with E-state index >= 15 is 0 Å². The molecule has 1 aliphatic rings. The summed E-state index contributed by atoms with van der Waals surface area (Å²) in [5.74, 6) is -0.757. The number of hydrogen-bond acceptors (Lipinski definition) is 4. The number of amides is 2. The van der Waals surface area contributed by atoms with Crippen LogP contribution in [0.3, 0.4) is 0 Å². The van der Waals surface area contributed by atoms with E-state index in [1.165, 1.54) is 12.1 Å². The van der Waals surface area contributed by atoms with E-state index in [-0.39, 0.29) is 24.2 Å². The third kappa shape index (κ3) is 3.97. The first kappa shape index (κ1) is 19.8. The Hall–Kier alpha value is -3.45. The standard InChI is InChI=1S/C22H19ClN4O3/c1-14-11-15-5-2-3-8-19(15)27(14)22(30)18-9-10-21(29)26(25-18)13-20(28)24-17-7-4-6-16(23)12-17/h2-10,12,14H,11,13H2,1H3,(H,24,28). The van der Waals surface area contributed by atoms with Gasteiger partial charge in [0.1, 0.15) is 12.2 Å². The van der Waals surface area contributed by atoms with Crippen molar-refractivity contribution in [3.63, 3.8) is 0 Å². The summed E-state index contributed by atoms with van der Waals surface area (Å²) in [6, 6.07) is 17.0. The van der Waals surface area contributed by atoms with Gasteiger partial charge in [0, 0.05) is 28.5 Å². The number of halogens is 1. The first-order valence-electron chi connectivity index (χ1n) is 9.47. The van der Waals surface area contributed by atoms with Crippen molar-refractivity contribution >= 4 is 34.8 Å². The monoisotopic (exact) mass is 422 g/mol. The maximum absolute atomic E-state index is 13.1. The van der Waals surface area contributed by atoms with E-state index in [0.29, 0.717) is 10.7 Å². The summed E-state index contributed by atoms with van der Waals surface area (Å²) in [4.78, 5) is 39.4. The average molecular weight is 423 g/mol. The Kier molecular flexibility index (Phi) is 5.37. The molecule has 0 radical (unpaired) electrons. The van der Waals surface area contributed by atoms with Crippen molar-refractivity contribution in [3.05, 3.63) is 87.3 Å². The summed E-state index contributed by atoms with van der Waals surface area (Å²) >= 11 is 5.92. The van der Waals surface area contributed by atoms with Crippen LogP contribution < -0.4 is 15.8 Å². The van der Waals surface area contributed by atoms with Crippen LogP contribution in [0.4, 0.5) is 11.4 Å². The lowest BCUT2D eigenvalue weighted by atomic mass is 10.1. The van der Waals surface area contributed by atoms with E-state index in [2.05, 4.69) is 10.4 Å². The molecule has 0 spiro atoms. The van der Waals surface area contributed by atoms with Gasteiger partial charge in [0.15, 0.2) is 0 Å². The molecule has 8 heteroatoms. The fourth-order valence-corrected chi connectivity index (χ4v) is 3.77. The number of fused-ring (bicyclic) bond motifs is 1. The average Bonchev–Trinajstić information content (AvgIpc) is 3.04. The SMILES string of the molecule is CC1Cc2ccccc2N1C(=O)c1ccc(=O)n(CC(=O)Nc2cccc(Cl)c2)n1. The van der Waals surface area contributed by atoms with Gasteiger partial charge < -0.3 is 10.2 Å². The molecule has 30 heavy (non-hydrogen) atoms.